The van der Waals surface area contributed by atoms with E-state index in [2.05, 4.69) is 43.2 Å². The summed E-state index contributed by atoms with van der Waals surface area (Å²) in [5.74, 6) is 0.0510. The first kappa shape index (κ1) is 16.8. The molecule has 0 spiro atoms. The Morgan fingerprint density at radius 1 is 1.08 bits per heavy atom. The fraction of sp³-hybridized carbons (Fsp3) is 0.381. The van der Waals surface area contributed by atoms with Crippen LogP contribution in [0.5, 0.6) is 0 Å². The summed E-state index contributed by atoms with van der Waals surface area (Å²) >= 11 is 0. The fourth-order valence-corrected chi connectivity index (χ4v) is 3.72. The average Bonchev–Trinajstić information content (AvgIpc) is 3.29. The zero-order chi connectivity index (χ0) is 18.3. The van der Waals surface area contributed by atoms with Gasteiger partial charge >= 0.3 is 0 Å². The van der Waals surface area contributed by atoms with Crippen LogP contribution in [0.15, 0.2) is 30.5 Å². The molecule has 134 valence electrons. The van der Waals surface area contributed by atoms with Gasteiger partial charge in [-0.2, -0.15) is 5.10 Å². The van der Waals surface area contributed by atoms with Gasteiger partial charge in [0.15, 0.2) is 5.65 Å². The fourth-order valence-electron chi connectivity index (χ4n) is 3.72. The van der Waals surface area contributed by atoms with Crippen LogP contribution in [0.2, 0.25) is 0 Å². The average molecular weight is 348 g/mol. The van der Waals surface area contributed by atoms with Gasteiger partial charge in [0, 0.05) is 30.9 Å². The van der Waals surface area contributed by atoms with Crippen LogP contribution in [0.4, 0.5) is 0 Å². The summed E-state index contributed by atoms with van der Waals surface area (Å²) in [6, 6.07) is 8.58. The highest BCUT2D eigenvalue weighted by Gasteiger charge is 2.24. The number of hydrogen-bond donors (Lipinski definition) is 0. The van der Waals surface area contributed by atoms with E-state index >= 15 is 0 Å². The number of nitrogens with zero attached hydrogens (tertiary/aromatic N) is 4. The highest BCUT2D eigenvalue weighted by Crippen LogP contribution is 2.22. The van der Waals surface area contributed by atoms with E-state index in [9.17, 15) is 4.79 Å². The molecule has 0 N–H and O–H groups in total. The van der Waals surface area contributed by atoms with Crippen molar-refractivity contribution in [3.8, 4) is 0 Å². The van der Waals surface area contributed by atoms with Crippen molar-refractivity contribution in [3.63, 3.8) is 0 Å². The zero-order valence-electron chi connectivity index (χ0n) is 15.6. The van der Waals surface area contributed by atoms with Gasteiger partial charge in [-0.15, -0.1) is 0 Å². The SMILES string of the molecule is Cc1ccc(Cc2c(C)nc3c(C(=O)N4CCCC4)cnn3c2C)cc1. The van der Waals surface area contributed by atoms with E-state index in [1.807, 2.05) is 16.3 Å². The Balaban J connectivity index is 1.73. The number of rotatable bonds is 3. The Bertz CT molecular complexity index is 966. The maximum absolute atomic E-state index is 12.8. The van der Waals surface area contributed by atoms with Crippen LogP contribution in [0, 0.1) is 20.8 Å². The zero-order valence-corrected chi connectivity index (χ0v) is 15.6. The normalized spacial score (nSPS) is 14.3. The molecule has 0 bridgehead atoms. The summed E-state index contributed by atoms with van der Waals surface area (Å²) in [5.41, 5.74) is 6.98. The second-order valence-corrected chi connectivity index (χ2v) is 7.22. The van der Waals surface area contributed by atoms with Crippen molar-refractivity contribution in [3.05, 3.63) is 64.1 Å². The number of aryl methyl sites for hydroxylation is 3. The molecule has 1 aliphatic heterocycles. The number of benzene rings is 1. The second-order valence-electron chi connectivity index (χ2n) is 7.22. The Morgan fingerprint density at radius 2 is 1.77 bits per heavy atom. The summed E-state index contributed by atoms with van der Waals surface area (Å²) in [6.45, 7) is 7.84. The van der Waals surface area contributed by atoms with E-state index in [1.165, 1.54) is 16.7 Å². The summed E-state index contributed by atoms with van der Waals surface area (Å²) in [7, 11) is 0. The van der Waals surface area contributed by atoms with Crippen LogP contribution in [-0.2, 0) is 6.42 Å². The smallest absolute Gasteiger partial charge is 0.259 e. The molecule has 5 nitrogen and oxygen atoms in total. The molecule has 0 radical (unpaired) electrons. The quantitative estimate of drug-likeness (QED) is 0.728. The number of carbonyl (C=O) groups is 1. The Kier molecular flexibility index (Phi) is 4.23. The van der Waals surface area contributed by atoms with Gasteiger partial charge < -0.3 is 4.90 Å². The van der Waals surface area contributed by atoms with Crippen molar-refractivity contribution >= 4 is 11.6 Å². The summed E-state index contributed by atoms with van der Waals surface area (Å²) in [5, 5.41) is 4.47. The first-order chi connectivity index (χ1) is 12.5. The van der Waals surface area contributed by atoms with Crippen LogP contribution >= 0.6 is 0 Å². The molecule has 1 saturated heterocycles. The van der Waals surface area contributed by atoms with Gasteiger partial charge in [0.2, 0.25) is 0 Å². The third-order valence-corrected chi connectivity index (χ3v) is 5.33. The Labute approximate surface area is 153 Å². The number of carbonyl (C=O) groups excluding carboxylic acids is 1. The van der Waals surface area contributed by atoms with Crippen molar-refractivity contribution in [1.82, 2.24) is 19.5 Å². The Morgan fingerprint density at radius 3 is 2.46 bits per heavy atom. The van der Waals surface area contributed by atoms with Gasteiger partial charge in [0.25, 0.3) is 5.91 Å². The number of amides is 1. The molecule has 0 aliphatic carbocycles. The van der Waals surface area contributed by atoms with Gasteiger partial charge in [0.1, 0.15) is 5.56 Å². The highest BCUT2D eigenvalue weighted by molar-refractivity contribution is 5.99. The minimum Gasteiger partial charge on any atom is -0.338 e. The van der Waals surface area contributed by atoms with Crippen LogP contribution in [0.1, 0.15) is 51.3 Å². The van der Waals surface area contributed by atoms with E-state index in [0.29, 0.717) is 11.2 Å². The maximum Gasteiger partial charge on any atom is 0.259 e. The first-order valence-corrected chi connectivity index (χ1v) is 9.23. The molecule has 2 aromatic heterocycles. The van der Waals surface area contributed by atoms with Gasteiger partial charge in [-0.05, 0) is 44.7 Å². The van der Waals surface area contributed by atoms with Gasteiger partial charge in [-0.25, -0.2) is 9.50 Å². The lowest BCUT2D eigenvalue weighted by Crippen LogP contribution is -2.27. The van der Waals surface area contributed by atoms with E-state index < -0.39 is 0 Å². The summed E-state index contributed by atoms with van der Waals surface area (Å²) < 4.78 is 1.82. The molecule has 0 atom stereocenters. The largest absolute Gasteiger partial charge is 0.338 e. The predicted molar refractivity (Wildman–Crippen MR) is 102 cm³/mol. The van der Waals surface area contributed by atoms with Crippen molar-refractivity contribution in [2.45, 2.75) is 40.0 Å². The molecule has 1 amide bonds. The third-order valence-electron chi connectivity index (χ3n) is 5.33. The molecule has 5 heteroatoms. The van der Waals surface area contributed by atoms with Crippen molar-refractivity contribution < 1.29 is 4.79 Å². The van der Waals surface area contributed by atoms with Crippen LogP contribution in [0.3, 0.4) is 0 Å². The van der Waals surface area contributed by atoms with Crippen LogP contribution < -0.4 is 0 Å². The molecule has 1 aromatic carbocycles. The number of likely N-dealkylation sites (tertiary alicyclic amines) is 1. The lowest BCUT2D eigenvalue weighted by Gasteiger charge is -2.15. The van der Waals surface area contributed by atoms with Gasteiger partial charge in [0.05, 0.1) is 6.20 Å². The maximum atomic E-state index is 12.8. The minimum atomic E-state index is 0.0510. The van der Waals surface area contributed by atoms with Crippen molar-refractivity contribution in [2.75, 3.05) is 13.1 Å². The topological polar surface area (TPSA) is 50.5 Å². The van der Waals surface area contributed by atoms with Crippen molar-refractivity contribution in [2.24, 2.45) is 0 Å². The van der Waals surface area contributed by atoms with Crippen LogP contribution in [0.25, 0.3) is 5.65 Å². The van der Waals surface area contributed by atoms with E-state index in [-0.39, 0.29) is 5.91 Å². The number of fused-ring (bicyclic) bond motifs is 1. The monoisotopic (exact) mass is 348 g/mol. The Hall–Kier alpha value is -2.69. The number of hydrogen-bond acceptors (Lipinski definition) is 3. The summed E-state index contributed by atoms with van der Waals surface area (Å²) in [4.78, 5) is 19.4. The standard InChI is InChI=1S/C21H24N4O/c1-14-6-8-17(9-7-14)12-18-15(2)23-20-19(13-22-25(20)16(18)3)21(26)24-10-4-5-11-24/h6-9,13H,4-5,10-12H2,1-3H3. The molecule has 3 heterocycles. The molecule has 0 unspecified atom stereocenters. The first-order valence-electron chi connectivity index (χ1n) is 9.23. The molecule has 1 aliphatic rings. The van der Waals surface area contributed by atoms with E-state index in [4.69, 9.17) is 4.98 Å². The molecule has 3 aromatic rings. The van der Waals surface area contributed by atoms with Gasteiger partial charge in [-0.1, -0.05) is 29.8 Å². The molecule has 1 fully saturated rings. The molecule has 26 heavy (non-hydrogen) atoms. The van der Waals surface area contributed by atoms with Crippen LogP contribution in [-0.4, -0.2) is 38.5 Å². The minimum absolute atomic E-state index is 0.0510. The highest BCUT2D eigenvalue weighted by atomic mass is 16.2. The summed E-state index contributed by atoms with van der Waals surface area (Å²) in [6.07, 6.45) is 4.65. The predicted octanol–water partition coefficient (Wildman–Crippen LogP) is 3.48. The van der Waals surface area contributed by atoms with Crippen molar-refractivity contribution in [1.29, 1.82) is 0 Å². The molecule has 0 saturated carbocycles. The van der Waals surface area contributed by atoms with E-state index in [1.54, 1.807) is 6.20 Å². The lowest BCUT2D eigenvalue weighted by atomic mass is 10.0. The molecular weight excluding hydrogens is 324 g/mol. The third kappa shape index (κ3) is 2.87. The van der Waals surface area contributed by atoms with E-state index in [0.717, 1.165) is 43.7 Å². The number of aromatic nitrogens is 3. The molecule has 4 rings (SSSR count). The molecular formula is C21H24N4O. The lowest BCUT2D eigenvalue weighted by molar-refractivity contribution is 0.0794. The second kappa shape index (κ2) is 6.56. The van der Waals surface area contributed by atoms with Gasteiger partial charge in [-0.3, -0.25) is 4.79 Å².